The molecule has 0 aliphatic rings. The quantitative estimate of drug-likeness (QED) is 0.293. The van der Waals surface area contributed by atoms with Gasteiger partial charge in [-0.1, -0.05) is 131 Å². The minimum absolute atomic E-state index is 0. The summed E-state index contributed by atoms with van der Waals surface area (Å²) < 4.78 is 13.8. The summed E-state index contributed by atoms with van der Waals surface area (Å²) in [6.45, 7) is 46.9. The lowest BCUT2D eigenvalue weighted by Gasteiger charge is -2.38. The molecule has 2 aromatic rings. The predicted octanol–water partition coefficient (Wildman–Crippen LogP) is 8.68. The van der Waals surface area contributed by atoms with Crippen molar-refractivity contribution < 1.29 is 8.85 Å². The summed E-state index contributed by atoms with van der Waals surface area (Å²) in [5.74, 6) is 2.25. The average Bonchev–Trinajstić information content (AvgIpc) is 2.67. The summed E-state index contributed by atoms with van der Waals surface area (Å²) in [5.41, 5.74) is 5.25. The molecule has 0 radical (unpaired) electrons. The maximum atomic E-state index is 6.92. The molecule has 0 saturated carbocycles. The van der Waals surface area contributed by atoms with Gasteiger partial charge in [0.1, 0.15) is 19.6 Å². The molecule has 0 unspecified atom stereocenters. The molecule has 0 bridgehead atoms. The van der Waals surface area contributed by atoms with E-state index in [-0.39, 0.29) is 32.6 Å². The lowest BCUT2D eigenvalue weighted by molar-refractivity contribution is 0.477. The molecule has 0 aliphatic carbocycles. The first-order valence-corrected chi connectivity index (χ1v) is 25.4. The van der Waals surface area contributed by atoms with Gasteiger partial charge in [0, 0.05) is 0 Å². The van der Waals surface area contributed by atoms with Crippen molar-refractivity contribution in [3.63, 3.8) is 0 Å². The molecule has 42 heavy (non-hydrogen) atoms. The van der Waals surface area contributed by atoms with Gasteiger partial charge in [-0.25, -0.2) is 0 Å². The molecule has 0 spiro atoms. The van der Waals surface area contributed by atoms with E-state index >= 15 is 0 Å². The summed E-state index contributed by atoms with van der Waals surface area (Å²) >= 11 is 0. The number of rotatable bonds is 6. The third-order valence-electron chi connectivity index (χ3n) is 7.67. The van der Waals surface area contributed by atoms with Crippen LogP contribution in [0.25, 0.3) is 0 Å². The Morgan fingerprint density at radius 3 is 0.738 bits per heavy atom. The Bertz CT molecular complexity index is 1080. The van der Waals surface area contributed by atoms with Gasteiger partial charge in [-0.15, -0.1) is 0 Å². The van der Waals surface area contributed by atoms with Gasteiger partial charge in [0.25, 0.3) is 0 Å². The molecule has 0 aromatic heterocycles. The van der Waals surface area contributed by atoms with Crippen molar-refractivity contribution in [3.05, 3.63) is 46.5 Å². The molecule has 2 rings (SSSR count). The first-order valence-electron chi connectivity index (χ1n) is 15.6. The van der Waals surface area contributed by atoms with Crippen LogP contribution in [0.15, 0.2) is 24.3 Å². The highest BCUT2D eigenvalue weighted by atomic mass is 28.4. The minimum Gasteiger partial charge on any atom is -0.544 e. The second-order valence-corrected chi connectivity index (χ2v) is 32.1. The Kier molecular flexibility index (Phi) is 11.1. The van der Waals surface area contributed by atoms with Crippen molar-refractivity contribution in [2.45, 2.75) is 157 Å². The summed E-state index contributed by atoms with van der Waals surface area (Å²) in [6.07, 6.45) is 0. The molecule has 0 saturated heterocycles. The van der Waals surface area contributed by atoms with Gasteiger partial charge in [-0.2, -0.15) is 0 Å². The maximum absolute atomic E-state index is 6.92. The standard InChI is InChI=1S/C36H64O2Si3.H4Si/c1-33(2,3)27-21-25(22-28(34(4,5)6)31(27)37-39(13,14)15)41(19,20)26-23-29(35(7,8)9)32(38-40(16,17)18)30(24-26)36(10,11)12;/h21-24H,1-20H3;1H4. The largest absolute Gasteiger partial charge is 0.544 e. The Hall–Kier alpha value is -1.09. The third kappa shape index (κ3) is 9.45. The predicted molar refractivity (Wildman–Crippen MR) is 204 cm³/mol. The summed E-state index contributed by atoms with van der Waals surface area (Å²) in [7, 11) is -5.80. The summed E-state index contributed by atoms with van der Waals surface area (Å²) in [4.78, 5) is 0. The van der Waals surface area contributed by atoms with Crippen LogP contribution in [0.5, 0.6) is 11.5 Å². The lowest BCUT2D eigenvalue weighted by Crippen LogP contribution is -2.54. The highest BCUT2D eigenvalue weighted by Gasteiger charge is 2.38. The normalized spacial score (nSPS) is 14.0. The van der Waals surface area contributed by atoms with E-state index in [1.54, 1.807) is 0 Å². The van der Waals surface area contributed by atoms with Crippen LogP contribution in [0.2, 0.25) is 52.4 Å². The maximum Gasteiger partial charge on any atom is 0.242 e. The average molecular weight is 645 g/mol. The second kappa shape index (κ2) is 12.0. The molecule has 0 N–H and O–H groups in total. The van der Waals surface area contributed by atoms with Crippen LogP contribution in [-0.4, -0.2) is 35.7 Å². The van der Waals surface area contributed by atoms with Crippen LogP contribution in [0.1, 0.15) is 105 Å². The van der Waals surface area contributed by atoms with Crippen LogP contribution in [0, 0.1) is 0 Å². The monoisotopic (exact) mass is 644 g/mol. The molecule has 0 aliphatic heterocycles. The van der Waals surface area contributed by atoms with Crippen molar-refractivity contribution in [2.24, 2.45) is 0 Å². The molecule has 240 valence electrons. The molecule has 0 amide bonds. The van der Waals surface area contributed by atoms with Crippen LogP contribution >= 0.6 is 0 Å². The fraction of sp³-hybridized carbons (Fsp3) is 0.667. The third-order valence-corrected chi connectivity index (χ3v) is 12.8. The van der Waals surface area contributed by atoms with Crippen LogP contribution in [0.4, 0.5) is 0 Å². The summed E-state index contributed by atoms with van der Waals surface area (Å²) in [6, 6.07) is 10.0. The van der Waals surface area contributed by atoms with E-state index in [9.17, 15) is 0 Å². The summed E-state index contributed by atoms with van der Waals surface area (Å²) in [5, 5.41) is 2.96. The van der Waals surface area contributed by atoms with Gasteiger partial charge in [0.15, 0.2) is 0 Å². The zero-order chi connectivity index (χ0) is 32.4. The smallest absolute Gasteiger partial charge is 0.242 e. The number of hydrogen-bond acceptors (Lipinski definition) is 2. The first-order chi connectivity index (χ1) is 17.9. The van der Waals surface area contributed by atoms with Gasteiger partial charge < -0.3 is 8.85 Å². The Labute approximate surface area is 269 Å². The lowest BCUT2D eigenvalue weighted by atomic mass is 9.79. The fourth-order valence-corrected chi connectivity index (χ4v) is 9.23. The highest BCUT2D eigenvalue weighted by molar-refractivity contribution is 7.00. The zero-order valence-corrected chi connectivity index (χ0v) is 33.6. The van der Waals surface area contributed by atoms with E-state index in [0.29, 0.717) is 0 Å². The van der Waals surface area contributed by atoms with Gasteiger partial charge in [0.05, 0.1) is 0 Å². The van der Waals surface area contributed by atoms with Gasteiger partial charge >= 0.3 is 0 Å². The Morgan fingerprint density at radius 1 is 0.405 bits per heavy atom. The number of hydrogen-bond donors (Lipinski definition) is 0. The van der Waals surface area contributed by atoms with E-state index < -0.39 is 24.7 Å². The zero-order valence-electron chi connectivity index (χ0n) is 30.6. The SMILES string of the molecule is CC(C)(C)c1cc([Si](C)(C)c2cc(C(C)(C)C)c(O[Si](C)(C)C)c(C(C)(C)C)c2)cc(C(C)(C)C)c1O[Si](C)(C)C.[SiH4]. The van der Waals surface area contributed by atoms with Gasteiger partial charge in [-0.05, 0) is 94.2 Å². The van der Waals surface area contributed by atoms with Crippen molar-refractivity contribution in [3.8, 4) is 11.5 Å². The van der Waals surface area contributed by atoms with E-state index in [1.807, 2.05) is 0 Å². The van der Waals surface area contributed by atoms with E-state index in [0.717, 1.165) is 11.5 Å². The molecule has 0 heterocycles. The van der Waals surface area contributed by atoms with Crippen LogP contribution in [-0.2, 0) is 21.7 Å². The number of benzene rings is 2. The molecular formula is C36H68O2Si4. The topological polar surface area (TPSA) is 18.5 Å². The first kappa shape index (κ1) is 38.9. The van der Waals surface area contributed by atoms with Crippen molar-refractivity contribution in [2.75, 3.05) is 0 Å². The van der Waals surface area contributed by atoms with Crippen LogP contribution in [0.3, 0.4) is 0 Å². The molecule has 6 heteroatoms. The molecule has 2 nitrogen and oxygen atoms in total. The highest BCUT2D eigenvalue weighted by Crippen LogP contribution is 2.43. The van der Waals surface area contributed by atoms with E-state index in [4.69, 9.17) is 8.85 Å². The van der Waals surface area contributed by atoms with E-state index in [2.05, 4.69) is 160 Å². The molecule has 0 atom stereocenters. The fourth-order valence-electron chi connectivity index (χ4n) is 5.21. The van der Waals surface area contributed by atoms with Crippen molar-refractivity contribution >= 4 is 46.0 Å². The molecule has 2 aromatic carbocycles. The molecule has 0 fully saturated rings. The van der Waals surface area contributed by atoms with Gasteiger partial charge in [-0.3, -0.25) is 0 Å². The van der Waals surface area contributed by atoms with Crippen molar-refractivity contribution in [1.29, 1.82) is 0 Å². The Balaban J connectivity index is 0.00000882. The van der Waals surface area contributed by atoms with Crippen molar-refractivity contribution in [1.82, 2.24) is 0 Å². The minimum atomic E-state index is -2.15. The molecular weight excluding hydrogens is 577 g/mol. The van der Waals surface area contributed by atoms with Gasteiger partial charge in [0.2, 0.25) is 16.6 Å². The van der Waals surface area contributed by atoms with Crippen LogP contribution < -0.4 is 19.2 Å². The Morgan fingerprint density at radius 2 is 0.595 bits per heavy atom. The second-order valence-electron chi connectivity index (χ2n) is 18.9. The van der Waals surface area contributed by atoms with E-state index in [1.165, 1.54) is 32.6 Å².